The van der Waals surface area contributed by atoms with Gasteiger partial charge in [0.2, 0.25) is 5.91 Å². The van der Waals surface area contributed by atoms with Crippen LogP contribution in [0.2, 0.25) is 0 Å². The van der Waals surface area contributed by atoms with Gasteiger partial charge in [-0.1, -0.05) is 24.3 Å². The average Bonchev–Trinajstić information content (AvgIpc) is 3.17. The molecule has 4 rings (SSSR count). The van der Waals surface area contributed by atoms with Crippen LogP contribution in [0.4, 0.5) is 13.2 Å². The molecule has 0 spiro atoms. The van der Waals surface area contributed by atoms with E-state index in [0.29, 0.717) is 22.0 Å². The van der Waals surface area contributed by atoms with Crippen LogP contribution >= 0.6 is 0 Å². The predicted molar refractivity (Wildman–Crippen MR) is 116 cm³/mol. The van der Waals surface area contributed by atoms with E-state index in [1.807, 2.05) is 0 Å². The molecule has 10 heteroatoms. The summed E-state index contributed by atoms with van der Waals surface area (Å²) in [6.07, 6.45) is -1.44. The molecule has 0 saturated heterocycles. The smallest absolute Gasteiger partial charge is 0.348 e. The van der Waals surface area contributed by atoms with Crippen LogP contribution in [0.25, 0.3) is 16.5 Å². The topological polar surface area (TPSA) is 81.8 Å². The van der Waals surface area contributed by atoms with E-state index >= 15 is 0 Å². The van der Waals surface area contributed by atoms with Crippen molar-refractivity contribution in [2.45, 2.75) is 32.6 Å². The number of aromatic nitrogens is 4. The molecular formula is C23H20F3N5O2. The number of amides is 1. The molecule has 0 bridgehead atoms. The molecule has 7 nitrogen and oxygen atoms in total. The van der Waals surface area contributed by atoms with Gasteiger partial charge in [-0.3, -0.25) is 9.59 Å². The lowest BCUT2D eigenvalue weighted by molar-refractivity contribution is -0.137. The number of hydrogen-bond acceptors (Lipinski definition) is 4. The molecule has 2 aromatic carbocycles. The first-order valence-corrected chi connectivity index (χ1v) is 10.1. The summed E-state index contributed by atoms with van der Waals surface area (Å²) in [7, 11) is 0. The third-order valence-electron chi connectivity index (χ3n) is 5.37. The van der Waals surface area contributed by atoms with Gasteiger partial charge >= 0.3 is 6.18 Å². The number of nitrogens with one attached hydrogen (secondary N) is 1. The van der Waals surface area contributed by atoms with Crippen molar-refractivity contribution < 1.29 is 18.0 Å². The molecule has 1 N–H and O–H groups in total. The van der Waals surface area contributed by atoms with Gasteiger partial charge < -0.3 is 5.32 Å². The van der Waals surface area contributed by atoms with Gasteiger partial charge in [0.05, 0.1) is 35.1 Å². The lowest BCUT2D eigenvalue weighted by Gasteiger charge is -2.15. The minimum Gasteiger partial charge on any atom is -0.348 e. The summed E-state index contributed by atoms with van der Waals surface area (Å²) in [6, 6.07) is 11.3. The Morgan fingerprint density at radius 2 is 1.85 bits per heavy atom. The van der Waals surface area contributed by atoms with Gasteiger partial charge in [-0.05, 0) is 38.1 Å². The Morgan fingerprint density at radius 3 is 2.61 bits per heavy atom. The molecule has 0 saturated carbocycles. The number of nitrogens with zero attached hydrogens (tertiary/aromatic N) is 4. The number of carbonyl (C=O) groups is 1. The number of rotatable bonds is 5. The minimum atomic E-state index is -4.46. The summed E-state index contributed by atoms with van der Waals surface area (Å²) < 4.78 is 41.6. The van der Waals surface area contributed by atoms with Crippen molar-refractivity contribution in [1.29, 1.82) is 0 Å². The van der Waals surface area contributed by atoms with Crippen molar-refractivity contribution in [3.05, 3.63) is 88.1 Å². The van der Waals surface area contributed by atoms with E-state index in [4.69, 9.17) is 0 Å². The van der Waals surface area contributed by atoms with E-state index in [-0.39, 0.29) is 17.8 Å². The lowest BCUT2D eigenvalue weighted by Crippen LogP contribution is -2.35. The standard InChI is InChI=1S/C23H20F3N5O2/c1-14(29-21(32)13-30-22(33)19-9-4-3-6-16(19)11-27-30)20-12-28-31(15(20)2)18-8-5-7-17(10-18)23(24,25)26/h3-12,14H,13H2,1-2H3,(H,29,32)/t14-/m0/s1. The SMILES string of the molecule is Cc1c([C@H](C)NC(=O)Cn2ncc3ccccc3c2=O)cnn1-c1cccc(C(F)(F)F)c1. The number of hydrogen-bond donors (Lipinski definition) is 1. The first-order valence-electron chi connectivity index (χ1n) is 10.1. The second-order valence-corrected chi connectivity index (χ2v) is 7.63. The van der Waals surface area contributed by atoms with Crippen molar-refractivity contribution in [3.63, 3.8) is 0 Å². The summed E-state index contributed by atoms with van der Waals surface area (Å²) in [5, 5.41) is 12.2. The molecule has 0 aliphatic carbocycles. The van der Waals surface area contributed by atoms with Crippen LogP contribution in [-0.2, 0) is 17.5 Å². The summed E-state index contributed by atoms with van der Waals surface area (Å²) in [4.78, 5) is 25.1. The predicted octanol–water partition coefficient (Wildman–Crippen LogP) is 3.79. The Kier molecular flexibility index (Phi) is 5.75. The Balaban J connectivity index is 1.51. The van der Waals surface area contributed by atoms with Crippen LogP contribution in [0.3, 0.4) is 0 Å². The van der Waals surface area contributed by atoms with Crippen LogP contribution in [0.5, 0.6) is 0 Å². The number of alkyl halides is 3. The molecule has 2 aromatic heterocycles. The van der Waals surface area contributed by atoms with Crippen molar-refractivity contribution >= 4 is 16.7 Å². The third kappa shape index (κ3) is 4.50. The molecule has 4 aromatic rings. The first-order chi connectivity index (χ1) is 15.6. The zero-order chi connectivity index (χ0) is 23.8. The van der Waals surface area contributed by atoms with E-state index in [1.54, 1.807) is 38.1 Å². The molecule has 1 atom stereocenters. The summed E-state index contributed by atoms with van der Waals surface area (Å²) >= 11 is 0. The van der Waals surface area contributed by atoms with E-state index in [2.05, 4.69) is 15.5 Å². The fourth-order valence-electron chi connectivity index (χ4n) is 3.66. The van der Waals surface area contributed by atoms with Crippen molar-refractivity contribution in [3.8, 4) is 5.69 Å². The molecule has 0 aliphatic rings. The molecule has 1 amide bonds. The van der Waals surface area contributed by atoms with Crippen molar-refractivity contribution in [2.24, 2.45) is 0 Å². The summed E-state index contributed by atoms with van der Waals surface area (Å²) in [6.45, 7) is 3.17. The Hall–Kier alpha value is -3.95. The molecule has 2 heterocycles. The van der Waals surface area contributed by atoms with Gasteiger partial charge in [-0.2, -0.15) is 23.4 Å². The van der Waals surface area contributed by atoms with Crippen molar-refractivity contribution in [1.82, 2.24) is 24.9 Å². The molecule has 0 fully saturated rings. The van der Waals surface area contributed by atoms with Crippen LogP contribution < -0.4 is 10.9 Å². The maximum absolute atomic E-state index is 13.0. The highest BCUT2D eigenvalue weighted by atomic mass is 19.4. The van der Waals surface area contributed by atoms with E-state index in [1.165, 1.54) is 29.2 Å². The second kappa shape index (κ2) is 8.53. The largest absolute Gasteiger partial charge is 0.416 e. The fraction of sp³-hybridized carbons (Fsp3) is 0.217. The average molecular weight is 455 g/mol. The van der Waals surface area contributed by atoms with Crippen molar-refractivity contribution in [2.75, 3.05) is 0 Å². The van der Waals surface area contributed by atoms with Gasteiger partial charge in [0, 0.05) is 16.6 Å². The maximum atomic E-state index is 13.0. The summed E-state index contributed by atoms with van der Waals surface area (Å²) in [5.74, 6) is -0.432. The van der Waals surface area contributed by atoms with Crippen LogP contribution in [0.15, 0.2) is 65.7 Å². The Morgan fingerprint density at radius 1 is 1.09 bits per heavy atom. The summed E-state index contributed by atoms with van der Waals surface area (Å²) in [5.41, 5.74) is 0.345. The molecule has 0 aliphatic heterocycles. The fourth-order valence-corrected chi connectivity index (χ4v) is 3.66. The quantitative estimate of drug-likeness (QED) is 0.497. The first kappa shape index (κ1) is 22.3. The van der Waals surface area contributed by atoms with Crippen LogP contribution in [-0.4, -0.2) is 25.5 Å². The third-order valence-corrected chi connectivity index (χ3v) is 5.37. The number of carbonyl (C=O) groups excluding carboxylic acids is 1. The second-order valence-electron chi connectivity index (χ2n) is 7.63. The maximum Gasteiger partial charge on any atom is 0.416 e. The highest BCUT2D eigenvalue weighted by Crippen LogP contribution is 2.31. The van der Waals surface area contributed by atoms with E-state index < -0.39 is 23.7 Å². The molecule has 33 heavy (non-hydrogen) atoms. The van der Waals surface area contributed by atoms with Gasteiger partial charge in [-0.15, -0.1) is 0 Å². The molecular weight excluding hydrogens is 435 g/mol. The van der Waals surface area contributed by atoms with Crippen LogP contribution in [0, 0.1) is 6.92 Å². The molecule has 170 valence electrons. The van der Waals surface area contributed by atoms with E-state index in [0.717, 1.165) is 16.8 Å². The molecule has 0 unspecified atom stereocenters. The van der Waals surface area contributed by atoms with Gasteiger partial charge in [-0.25, -0.2) is 9.36 Å². The number of halogens is 3. The normalized spacial score (nSPS) is 12.6. The lowest BCUT2D eigenvalue weighted by atomic mass is 10.1. The molecule has 0 radical (unpaired) electrons. The highest BCUT2D eigenvalue weighted by Gasteiger charge is 2.30. The number of benzene rings is 2. The van der Waals surface area contributed by atoms with E-state index in [9.17, 15) is 22.8 Å². The van der Waals surface area contributed by atoms with Gasteiger partial charge in [0.15, 0.2) is 0 Å². The Bertz CT molecular complexity index is 1390. The zero-order valence-corrected chi connectivity index (χ0v) is 17.8. The minimum absolute atomic E-state index is 0.263. The van der Waals surface area contributed by atoms with Gasteiger partial charge in [0.1, 0.15) is 6.54 Å². The Labute approximate surface area is 186 Å². The monoisotopic (exact) mass is 455 g/mol. The number of fused-ring (bicyclic) bond motifs is 1. The van der Waals surface area contributed by atoms with Gasteiger partial charge in [0.25, 0.3) is 5.56 Å². The van der Waals surface area contributed by atoms with Crippen LogP contribution in [0.1, 0.15) is 29.8 Å². The zero-order valence-electron chi connectivity index (χ0n) is 17.8. The highest BCUT2D eigenvalue weighted by molar-refractivity contribution is 5.81.